The van der Waals surface area contributed by atoms with Gasteiger partial charge in [-0.25, -0.2) is 0 Å². The molecular weight excluding hydrogens is 278 g/mol. The minimum atomic E-state index is -0.952. The van der Waals surface area contributed by atoms with Gasteiger partial charge >= 0.3 is 5.97 Å². The first-order valence-corrected chi connectivity index (χ1v) is 6.49. The van der Waals surface area contributed by atoms with Gasteiger partial charge in [-0.2, -0.15) is 0 Å². The van der Waals surface area contributed by atoms with Gasteiger partial charge in [-0.15, -0.1) is 11.8 Å². The normalized spacial score (nSPS) is 9.89. The van der Waals surface area contributed by atoms with Gasteiger partial charge in [0, 0.05) is 6.07 Å². The molecule has 18 heavy (non-hydrogen) atoms. The zero-order chi connectivity index (χ0) is 13.5. The summed E-state index contributed by atoms with van der Waals surface area (Å²) in [6.45, 7) is 0. The van der Waals surface area contributed by atoms with Crippen molar-refractivity contribution in [1.82, 2.24) is 0 Å². The number of rotatable bonds is 6. The molecule has 1 amide bonds. The molecule has 0 unspecified atom stereocenters. The van der Waals surface area contributed by atoms with Gasteiger partial charge in [-0.1, -0.05) is 11.6 Å². The number of aliphatic carboxylic acids is 1. The van der Waals surface area contributed by atoms with Crippen LogP contribution in [0.4, 0.5) is 5.69 Å². The number of amides is 1. The van der Waals surface area contributed by atoms with Crippen LogP contribution in [0.5, 0.6) is 5.75 Å². The van der Waals surface area contributed by atoms with Crippen molar-refractivity contribution in [2.45, 2.75) is 0 Å². The highest BCUT2D eigenvalue weighted by atomic mass is 35.5. The number of thioether (sulfide) groups is 1. The van der Waals surface area contributed by atoms with Crippen LogP contribution in [0.1, 0.15) is 0 Å². The Bertz CT molecular complexity index is 453. The second kappa shape index (κ2) is 7.13. The molecule has 1 aromatic rings. The van der Waals surface area contributed by atoms with E-state index in [-0.39, 0.29) is 17.4 Å². The van der Waals surface area contributed by atoms with Crippen molar-refractivity contribution in [3.63, 3.8) is 0 Å². The smallest absolute Gasteiger partial charge is 0.313 e. The monoisotopic (exact) mass is 289 g/mol. The molecule has 0 radical (unpaired) electrons. The molecule has 5 nitrogen and oxygen atoms in total. The predicted molar refractivity (Wildman–Crippen MR) is 71.6 cm³/mol. The highest BCUT2D eigenvalue weighted by molar-refractivity contribution is 8.00. The van der Waals surface area contributed by atoms with E-state index >= 15 is 0 Å². The number of carboxylic acid groups (broad SMARTS) is 1. The lowest BCUT2D eigenvalue weighted by molar-refractivity contribution is -0.133. The number of carboxylic acids is 1. The maximum Gasteiger partial charge on any atom is 0.313 e. The summed E-state index contributed by atoms with van der Waals surface area (Å²) >= 11 is 6.93. The molecule has 0 aliphatic carbocycles. The van der Waals surface area contributed by atoms with Crippen LogP contribution in [0.2, 0.25) is 5.02 Å². The Morgan fingerprint density at radius 3 is 2.78 bits per heavy atom. The number of ether oxygens (including phenoxy) is 1. The minimum Gasteiger partial charge on any atom is -0.497 e. The summed E-state index contributed by atoms with van der Waals surface area (Å²) in [5.74, 6) is -0.740. The number of hydrogen-bond acceptors (Lipinski definition) is 4. The van der Waals surface area contributed by atoms with Gasteiger partial charge in [0.2, 0.25) is 5.91 Å². The molecule has 1 rings (SSSR count). The average molecular weight is 290 g/mol. The zero-order valence-corrected chi connectivity index (χ0v) is 11.2. The van der Waals surface area contributed by atoms with Gasteiger partial charge in [-0.3, -0.25) is 9.59 Å². The Balaban J connectivity index is 2.55. The Hall–Kier alpha value is -1.40. The molecule has 0 aliphatic heterocycles. The number of carbonyl (C=O) groups excluding carboxylic acids is 1. The van der Waals surface area contributed by atoms with Crippen molar-refractivity contribution in [2.75, 3.05) is 23.9 Å². The van der Waals surface area contributed by atoms with Crippen molar-refractivity contribution in [3.8, 4) is 5.75 Å². The van der Waals surface area contributed by atoms with Crippen molar-refractivity contribution < 1.29 is 19.4 Å². The topological polar surface area (TPSA) is 75.6 Å². The van der Waals surface area contributed by atoms with Gasteiger partial charge in [-0.05, 0) is 12.1 Å². The van der Waals surface area contributed by atoms with Crippen molar-refractivity contribution in [3.05, 3.63) is 23.2 Å². The number of halogens is 1. The summed E-state index contributed by atoms with van der Waals surface area (Å²) in [7, 11) is 1.51. The lowest BCUT2D eigenvalue weighted by Crippen LogP contribution is -2.15. The molecule has 0 heterocycles. The average Bonchev–Trinajstić information content (AvgIpc) is 2.31. The molecule has 98 valence electrons. The van der Waals surface area contributed by atoms with Gasteiger partial charge in [0.15, 0.2) is 0 Å². The Morgan fingerprint density at radius 1 is 1.44 bits per heavy atom. The highest BCUT2D eigenvalue weighted by Crippen LogP contribution is 2.26. The zero-order valence-electron chi connectivity index (χ0n) is 9.60. The van der Waals surface area contributed by atoms with Gasteiger partial charge in [0.1, 0.15) is 5.75 Å². The predicted octanol–water partition coefficient (Wildman–Crippen LogP) is 2.10. The molecule has 0 saturated heterocycles. The van der Waals surface area contributed by atoms with E-state index in [1.54, 1.807) is 18.2 Å². The molecule has 0 aromatic heterocycles. The van der Waals surface area contributed by atoms with Crippen LogP contribution in [-0.4, -0.2) is 35.6 Å². The lowest BCUT2D eigenvalue weighted by atomic mass is 10.3. The van der Waals surface area contributed by atoms with Crippen LogP contribution in [-0.2, 0) is 9.59 Å². The first-order chi connectivity index (χ1) is 8.52. The molecule has 0 spiro atoms. The van der Waals surface area contributed by atoms with Gasteiger partial charge in [0.25, 0.3) is 0 Å². The highest BCUT2D eigenvalue weighted by Gasteiger charge is 2.08. The minimum absolute atomic E-state index is 0.0554. The second-order valence-corrected chi connectivity index (χ2v) is 4.67. The molecule has 0 atom stereocenters. The first kappa shape index (κ1) is 14.7. The molecule has 1 aromatic carbocycles. The second-order valence-electron chi connectivity index (χ2n) is 3.28. The molecule has 0 bridgehead atoms. The molecule has 7 heteroatoms. The van der Waals surface area contributed by atoms with Crippen LogP contribution < -0.4 is 10.1 Å². The van der Waals surface area contributed by atoms with E-state index in [1.807, 2.05) is 0 Å². The molecule has 0 saturated carbocycles. The summed E-state index contributed by atoms with van der Waals surface area (Å²) in [6, 6.07) is 4.89. The van der Waals surface area contributed by atoms with E-state index in [4.69, 9.17) is 21.4 Å². The number of anilines is 1. The Kier molecular flexibility index (Phi) is 5.80. The molecule has 0 fully saturated rings. The van der Waals surface area contributed by atoms with E-state index in [0.29, 0.717) is 16.5 Å². The van der Waals surface area contributed by atoms with E-state index in [9.17, 15) is 9.59 Å². The fourth-order valence-corrected chi connectivity index (χ4v) is 1.84. The van der Waals surface area contributed by atoms with Crippen molar-refractivity contribution in [2.24, 2.45) is 0 Å². The SMILES string of the molecule is COc1ccc(Cl)c(NC(=O)CSCC(=O)O)c1. The molecule has 0 aliphatic rings. The van der Waals surface area contributed by atoms with Crippen LogP contribution in [0.25, 0.3) is 0 Å². The standard InChI is InChI=1S/C11H12ClNO4S/c1-17-7-2-3-8(12)9(4-7)13-10(14)5-18-6-11(15)16/h2-4H,5-6H2,1H3,(H,13,14)(H,15,16). The van der Waals surface area contributed by atoms with Crippen LogP contribution in [0.3, 0.4) is 0 Å². The first-order valence-electron chi connectivity index (χ1n) is 4.96. The number of hydrogen-bond donors (Lipinski definition) is 2. The van der Waals surface area contributed by atoms with E-state index in [2.05, 4.69) is 5.32 Å². The van der Waals surface area contributed by atoms with Crippen LogP contribution in [0.15, 0.2) is 18.2 Å². The summed E-state index contributed by atoms with van der Waals surface area (Å²) in [5.41, 5.74) is 0.442. The van der Waals surface area contributed by atoms with Gasteiger partial charge < -0.3 is 15.2 Å². The number of methoxy groups -OCH3 is 1. The summed E-state index contributed by atoms with van der Waals surface area (Å²) in [6.07, 6.45) is 0. The fourth-order valence-electron chi connectivity index (χ4n) is 1.14. The molecular formula is C11H12ClNO4S. The van der Waals surface area contributed by atoms with Crippen molar-refractivity contribution >= 4 is 40.9 Å². The largest absolute Gasteiger partial charge is 0.497 e. The number of carbonyl (C=O) groups is 2. The third-order valence-electron chi connectivity index (χ3n) is 1.91. The Labute approximate surface area is 113 Å². The third kappa shape index (κ3) is 4.85. The van der Waals surface area contributed by atoms with Crippen molar-refractivity contribution in [1.29, 1.82) is 0 Å². The summed E-state index contributed by atoms with van der Waals surface area (Å²) < 4.78 is 5.01. The van der Waals surface area contributed by atoms with E-state index in [0.717, 1.165) is 11.8 Å². The summed E-state index contributed by atoms with van der Waals surface area (Å²) in [5, 5.41) is 11.4. The fraction of sp³-hybridized carbons (Fsp3) is 0.273. The third-order valence-corrected chi connectivity index (χ3v) is 3.15. The van der Waals surface area contributed by atoms with E-state index < -0.39 is 5.97 Å². The number of benzene rings is 1. The van der Waals surface area contributed by atoms with Crippen LogP contribution >= 0.6 is 23.4 Å². The maximum atomic E-state index is 11.5. The number of nitrogens with one attached hydrogen (secondary N) is 1. The van der Waals surface area contributed by atoms with Gasteiger partial charge in [0.05, 0.1) is 29.3 Å². The lowest BCUT2D eigenvalue weighted by Gasteiger charge is -2.08. The van der Waals surface area contributed by atoms with Crippen LogP contribution in [0, 0.1) is 0 Å². The summed E-state index contributed by atoms with van der Waals surface area (Å²) in [4.78, 5) is 21.8. The maximum absolute atomic E-state index is 11.5. The molecule has 2 N–H and O–H groups in total. The van der Waals surface area contributed by atoms with E-state index in [1.165, 1.54) is 7.11 Å². The Morgan fingerprint density at radius 2 is 2.17 bits per heavy atom. The quantitative estimate of drug-likeness (QED) is 0.839.